The summed E-state index contributed by atoms with van der Waals surface area (Å²) >= 11 is 3.43. The van der Waals surface area contributed by atoms with Crippen molar-refractivity contribution in [2.45, 2.75) is 20.0 Å². The number of benzene rings is 1. The molecule has 148 valence electrons. The van der Waals surface area contributed by atoms with Gasteiger partial charge in [-0.2, -0.15) is 0 Å². The monoisotopic (exact) mass is 443 g/mol. The number of hydrogen-bond acceptors (Lipinski definition) is 6. The largest absolute Gasteiger partial charge is 0.304 e. The van der Waals surface area contributed by atoms with Crippen molar-refractivity contribution in [3.63, 3.8) is 0 Å². The molecule has 1 aliphatic heterocycles. The molecule has 7 nitrogen and oxygen atoms in total. The maximum absolute atomic E-state index is 4.44. The number of piperazine rings is 1. The number of hydrogen-bond donors (Lipinski definition) is 0. The van der Waals surface area contributed by atoms with Crippen molar-refractivity contribution < 1.29 is 0 Å². The summed E-state index contributed by atoms with van der Waals surface area (Å²) in [5.74, 6) is 0.854. The van der Waals surface area contributed by atoms with E-state index in [4.69, 9.17) is 0 Å². The van der Waals surface area contributed by atoms with Crippen LogP contribution in [0.1, 0.15) is 30.4 Å². The number of aromatic nitrogens is 5. The van der Waals surface area contributed by atoms with Gasteiger partial charge in [0.15, 0.2) is 5.82 Å². The minimum Gasteiger partial charge on any atom is -0.304 e. The third kappa shape index (κ3) is 4.63. The Kier molecular flexibility index (Phi) is 6.88. The highest BCUT2D eigenvalue weighted by molar-refractivity contribution is 9.10. The molecule has 1 aliphatic rings. The molecule has 28 heavy (non-hydrogen) atoms. The summed E-state index contributed by atoms with van der Waals surface area (Å²) in [7, 11) is 2.16. The van der Waals surface area contributed by atoms with Crippen molar-refractivity contribution in [1.82, 2.24) is 35.0 Å². The fourth-order valence-electron chi connectivity index (χ4n) is 3.43. The number of rotatable bonds is 5. The van der Waals surface area contributed by atoms with Crippen LogP contribution in [0.3, 0.4) is 0 Å². The maximum atomic E-state index is 4.44. The number of nitrogens with zero attached hydrogens (tertiary/aromatic N) is 7. The molecule has 0 bridgehead atoms. The molecule has 2 aromatic heterocycles. The van der Waals surface area contributed by atoms with E-state index in [1.807, 2.05) is 35.1 Å². The molecular formula is C20H26BrN7. The molecular weight excluding hydrogens is 418 g/mol. The van der Waals surface area contributed by atoms with Gasteiger partial charge in [0, 0.05) is 32.4 Å². The van der Waals surface area contributed by atoms with Gasteiger partial charge in [0.25, 0.3) is 0 Å². The fourth-order valence-corrected chi connectivity index (χ4v) is 3.66. The quantitative estimate of drug-likeness (QED) is 0.564. The summed E-state index contributed by atoms with van der Waals surface area (Å²) in [5.41, 5.74) is 2.28. The molecule has 0 spiro atoms. The molecule has 1 atom stereocenters. The minimum absolute atomic E-state index is 0. The standard InChI is InChI=1S/C19H22BrN7.CH4/c1-25-9-11-26(12-10-25)18(16-7-8-17(20)21-13-16)19-22-23-24-27(19)14-15-5-3-2-4-6-15;/h2-8,13,18H,9-12,14H2,1H3;1H4. The molecule has 1 fully saturated rings. The summed E-state index contributed by atoms with van der Waals surface area (Å²) in [6.07, 6.45) is 1.91. The lowest BCUT2D eigenvalue weighted by Gasteiger charge is -2.37. The zero-order valence-corrected chi connectivity index (χ0v) is 16.8. The van der Waals surface area contributed by atoms with Crippen molar-refractivity contribution in [3.8, 4) is 0 Å². The smallest absolute Gasteiger partial charge is 0.173 e. The lowest BCUT2D eigenvalue weighted by atomic mass is 10.1. The predicted molar refractivity (Wildman–Crippen MR) is 113 cm³/mol. The Hall–Kier alpha value is -2.16. The van der Waals surface area contributed by atoms with Gasteiger partial charge in [-0.15, -0.1) is 5.10 Å². The first-order valence-corrected chi connectivity index (χ1v) is 9.84. The van der Waals surface area contributed by atoms with Crippen LogP contribution in [0, 0.1) is 0 Å². The van der Waals surface area contributed by atoms with Crippen LogP contribution in [0.2, 0.25) is 0 Å². The number of pyridine rings is 1. The normalized spacial score (nSPS) is 16.5. The third-order valence-corrected chi connectivity index (χ3v) is 5.42. The summed E-state index contributed by atoms with van der Waals surface area (Å²) in [4.78, 5) is 9.23. The van der Waals surface area contributed by atoms with Gasteiger partial charge in [0.1, 0.15) is 4.60 Å². The highest BCUT2D eigenvalue weighted by Gasteiger charge is 2.30. The van der Waals surface area contributed by atoms with Crippen LogP contribution in [0.4, 0.5) is 0 Å². The average Bonchev–Trinajstić information content (AvgIpc) is 3.13. The first-order valence-electron chi connectivity index (χ1n) is 9.05. The van der Waals surface area contributed by atoms with E-state index in [1.54, 1.807) is 0 Å². The number of likely N-dealkylation sites (N-methyl/N-ethyl adjacent to an activating group) is 1. The summed E-state index contributed by atoms with van der Waals surface area (Å²) in [5, 5.41) is 12.7. The molecule has 0 saturated carbocycles. The second-order valence-corrected chi connectivity index (χ2v) is 7.65. The fraction of sp³-hybridized carbons (Fsp3) is 0.400. The van der Waals surface area contributed by atoms with E-state index in [0.29, 0.717) is 6.54 Å². The lowest BCUT2D eigenvalue weighted by Crippen LogP contribution is -2.46. The van der Waals surface area contributed by atoms with E-state index in [9.17, 15) is 0 Å². The Bertz CT molecular complexity index is 858. The molecule has 3 aromatic rings. The first kappa shape index (κ1) is 20.6. The van der Waals surface area contributed by atoms with Crippen LogP contribution in [-0.2, 0) is 6.54 Å². The first-order chi connectivity index (χ1) is 13.2. The van der Waals surface area contributed by atoms with Gasteiger partial charge < -0.3 is 4.90 Å². The maximum Gasteiger partial charge on any atom is 0.173 e. The Morgan fingerprint density at radius 1 is 1.04 bits per heavy atom. The molecule has 1 saturated heterocycles. The Balaban J connectivity index is 0.00000225. The Labute approximate surface area is 174 Å². The zero-order chi connectivity index (χ0) is 18.6. The van der Waals surface area contributed by atoms with Gasteiger partial charge in [-0.25, -0.2) is 9.67 Å². The Morgan fingerprint density at radius 3 is 2.46 bits per heavy atom. The van der Waals surface area contributed by atoms with Crippen molar-refractivity contribution in [2.75, 3.05) is 33.2 Å². The average molecular weight is 444 g/mol. The van der Waals surface area contributed by atoms with Crippen LogP contribution >= 0.6 is 15.9 Å². The second-order valence-electron chi connectivity index (χ2n) is 6.84. The molecule has 1 unspecified atom stereocenters. The predicted octanol–water partition coefficient (Wildman–Crippen LogP) is 2.85. The van der Waals surface area contributed by atoms with E-state index in [0.717, 1.165) is 42.2 Å². The zero-order valence-electron chi connectivity index (χ0n) is 15.2. The van der Waals surface area contributed by atoms with Crippen molar-refractivity contribution in [3.05, 3.63) is 70.2 Å². The van der Waals surface area contributed by atoms with E-state index in [1.165, 1.54) is 5.56 Å². The van der Waals surface area contributed by atoms with E-state index in [2.05, 4.69) is 71.5 Å². The van der Waals surface area contributed by atoms with Gasteiger partial charge >= 0.3 is 0 Å². The topological polar surface area (TPSA) is 63.0 Å². The highest BCUT2D eigenvalue weighted by atomic mass is 79.9. The minimum atomic E-state index is -0.0157. The highest BCUT2D eigenvalue weighted by Crippen LogP contribution is 2.28. The van der Waals surface area contributed by atoms with Crippen LogP contribution in [0.5, 0.6) is 0 Å². The summed E-state index contributed by atoms with van der Waals surface area (Å²) in [6, 6.07) is 14.3. The van der Waals surface area contributed by atoms with E-state index in [-0.39, 0.29) is 13.5 Å². The van der Waals surface area contributed by atoms with Gasteiger partial charge in [-0.1, -0.05) is 43.8 Å². The molecule has 4 rings (SSSR count). The van der Waals surface area contributed by atoms with Crippen molar-refractivity contribution in [1.29, 1.82) is 0 Å². The van der Waals surface area contributed by atoms with Gasteiger partial charge in [-0.3, -0.25) is 4.90 Å². The Morgan fingerprint density at radius 2 is 1.79 bits per heavy atom. The van der Waals surface area contributed by atoms with E-state index >= 15 is 0 Å². The molecule has 0 N–H and O–H groups in total. The number of tetrazole rings is 1. The van der Waals surface area contributed by atoms with Crippen LogP contribution < -0.4 is 0 Å². The summed E-state index contributed by atoms with van der Waals surface area (Å²) < 4.78 is 2.73. The van der Waals surface area contributed by atoms with Crippen LogP contribution in [0.15, 0.2) is 53.3 Å². The lowest BCUT2D eigenvalue weighted by molar-refractivity contribution is 0.121. The van der Waals surface area contributed by atoms with Gasteiger partial charge in [0.2, 0.25) is 0 Å². The molecule has 0 radical (unpaired) electrons. The third-order valence-electron chi connectivity index (χ3n) is 4.95. The molecule has 1 aromatic carbocycles. The number of halogens is 1. The van der Waals surface area contributed by atoms with Crippen LogP contribution in [0.25, 0.3) is 0 Å². The van der Waals surface area contributed by atoms with Crippen molar-refractivity contribution in [2.24, 2.45) is 0 Å². The van der Waals surface area contributed by atoms with Gasteiger partial charge in [-0.05, 0) is 50.6 Å². The SMILES string of the molecule is C.CN1CCN(C(c2ccc(Br)nc2)c2nnnn2Cc2ccccc2)CC1. The molecule has 0 aliphatic carbocycles. The molecule has 3 heterocycles. The van der Waals surface area contributed by atoms with Gasteiger partial charge in [0.05, 0.1) is 12.6 Å². The molecule has 8 heteroatoms. The van der Waals surface area contributed by atoms with Crippen LogP contribution in [-0.4, -0.2) is 68.2 Å². The van der Waals surface area contributed by atoms with Crippen molar-refractivity contribution >= 4 is 15.9 Å². The molecule has 0 amide bonds. The van der Waals surface area contributed by atoms with E-state index < -0.39 is 0 Å². The second kappa shape index (κ2) is 9.36. The summed E-state index contributed by atoms with van der Waals surface area (Å²) in [6.45, 7) is 4.64.